The molecule has 0 fully saturated rings. The van der Waals surface area contributed by atoms with E-state index in [1.807, 2.05) is 19.9 Å². The van der Waals surface area contributed by atoms with E-state index in [0.29, 0.717) is 17.9 Å². The van der Waals surface area contributed by atoms with Crippen LogP contribution in [0.5, 0.6) is 5.75 Å². The van der Waals surface area contributed by atoms with Gasteiger partial charge in [0.05, 0.1) is 12.3 Å². The zero-order valence-electron chi connectivity index (χ0n) is 16.3. The van der Waals surface area contributed by atoms with Crippen LogP contribution in [-0.2, 0) is 20.0 Å². The molecule has 0 aliphatic rings. The molecule has 0 bridgehead atoms. The summed E-state index contributed by atoms with van der Waals surface area (Å²) in [6.45, 7) is 4.54. The molecule has 0 aliphatic heterocycles. The Morgan fingerprint density at radius 2 is 2.19 bits per heavy atom. The number of halogens is 1. The summed E-state index contributed by atoms with van der Waals surface area (Å²) in [5.74, 6) is -0.480. The van der Waals surface area contributed by atoms with Gasteiger partial charge in [0.15, 0.2) is 11.6 Å². The maximum atomic E-state index is 14.6. The Balaban J connectivity index is 1.90. The lowest BCUT2D eigenvalue weighted by atomic mass is 10.2. The number of ether oxygens (including phenoxy) is 1. The second-order valence-corrected chi connectivity index (χ2v) is 6.32. The first kappa shape index (κ1) is 20.7. The van der Waals surface area contributed by atoms with Crippen molar-refractivity contribution in [2.45, 2.75) is 46.1 Å². The standard InChI is InChI=1S/C21H28FN3O2/c1-4-6-7-8-9-13-27-19-12-10-11-16(20(19)22)15-23-21(26)18-14-17(5-2)24-25(18)3/h4,6,10-12,14H,5,7-9,13,15H2,1-3H3,(H,23,26). The molecule has 1 aromatic heterocycles. The zero-order chi connectivity index (χ0) is 19.6. The van der Waals surface area contributed by atoms with Crippen LogP contribution in [0.4, 0.5) is 4.39 Å². The van der Waals surface area contributed by atoms with Crippen LogP contribution in [0.1, 0.15) is 54.9 Å². The number of allylic oxidation sites excluding steroid dienone is 2. The number of unbranched alkanes of at least 4 members (excludes halogenated alkanes) is 2. The van der Waals surface area contributed by atoms with Gasteiger partial charge < -0.3 is 10.1 Å². The molecule has 1 amide bonds. The number of rotatable bonds is 10. The highest BCUT2D eigenvalue weighted by Gasteiger charge is 2.14. The lowest BCUT2D eigenvalue weighted by Crippen LogP contribution is -2.25. The van der Waals surface area contributed by atoms with Crippen molar-refractivity contribution in [1.82, 2.24) is 15.1 Å². The first-order chi connectivity index (χ1) is 13.1. The number of benzene rings is 1. The first-order valence-corrected chi connectivity index (χ1v) is 9.39. The first-order valence-electron chi connectivity index (χ1n) is 9.39. The SMILES string of the molecule is CC=CCCCCOc1cccc(CNC(=O)c2cc(CC)nn2C)c1F. The summed E-state index contributed by atoms with van der Waals surface area (Å²) < 4.78 is 21.7. The minimum Gasteiger partial charge on any atom is -0.491 e. The van der Waals surface area contributed by atoms with Gasteiger partial charge in [-0.25, -0.2) is 4.39 Å². The monoisotopic (exact) mass is 373 g/mol. The van der Waals surface area contributed by atoms with E-state index in [1.54, 1.807) is 31.3 Å². The highest BCUT2D eigenvalue weighted by atomic mass is 19.1. The summed E-state index contributed by atoms with van der Waals surface area (Å²) in [6.07, 6.45) is 7.76. The van der Waals surface area contributed by atoms with Crippen LogP contribution >= 0.6 is 0 Å². The molecule has 6 heteroatoms. The lowest BCUT2D eigenvalue weighted by molar-refractivity contribution is 0.0941. The molecule has 0 radical (unpaired) electrons. The second-order valence-electron chi connectivity index (χ2n) is 6.32. The van der Waals surface area contributed by atoms with Gasteiger partial charge in [-0.1, -0.05) is 31.2 Å². The van der Waals surface area contributed by atoms with Crippen LogP contribution in [0.15, 0.2) is 36.4 Å². The Bertz CT molecular complexity index is 784. The quantitative estimate of drug-likeness (QED) is 0.502. The van der Waals surface area contributed by atoms with Crippen molar-refractivity contribution in [3.8, 4) is 5.75 Å². The van der Waals surface area contributed by atoms with Gasteiger partial charge in [0.1, 0.15) is 5.69 Å². The number of nitrogens with one attached hydrogen (secondary N) is 1. The summed E-state index contributed by atoms with van der Waals surface area (Å²) in [7, 11) is 1.72. The number of nitrogens with zero attached hydrogens (tertiary/aromatic N) is 2. The summed E-state index contributed by atoms with van der Waals surface area (Å²) in [5.41, 5.74) is 1.70. The average molecular weight is 373 g/mol. The predicted octanol–water partition coefficient (Wildman–Crippen LogP) is 4.18. The van der Waals surface area contributed by atoms with Crippen molar-refractivity contribution in [3.05, 3.63) is 59.2 Å². The van der Waals surface area contributed by atoms with Crippen LogP contribution in [-0.4, -0.2) is 22.3 Å². The van der Waals surface area contributed by atoms with Gasteiger partial charge >= 0.3 is 0 Å². The average Bonchev–Trinajstić information content (AvgIpc) is 3.05. The molecule has 1 N–H and O–H groups in total. The van der Waals surface area contributed by atoms with Crippen LogP contribution in [0.25, 0.3) is 0 Å². The van der Waals surface area contributed by atoms with Crippen molar-refractivity contribution in [3.63, 3.8) is 0 Å². The molecule has 2 aromatic rings. The van der Waals surface area contributed by atoms with Gasteiger partial charge in [0.2, 0.25) is 0 Å². The largest absolute Gasteiger partial charge is 0.491 e. The third kappa shape index (κ3) is 5.94. The fraction of sp³-hybridized carbons (Fsp3) is 0.429. The molecule has 0 unspecified atom stereocenters. The van der Waals surface area contributed by atoms with Gasteiger partial charge in [0.25, 0.3) is 5.91 Å². The van der Waals surface area contributed by atoms with Gasteiger partial charge in [-0.3, -0.25) is 9.48 Å². The molecule has 1 aromatic carbocycles. The van der Waals surface area contributed by atoms with Crippen molar-refractivity contribution in [2.24, 2.45) is 7.05 Å². The number of carbonyl (C=O) groups is 1. The van der Waals surface area contributed by atoms with Crippen molar-refractivity contribution < 1.29 is 13.9 Å². The molecule has 0 atom stereocenters. The summed E-state index contributed by atoms with van der Waals surface area (Å²) in [6, 6.07) is 6.74. The predicted molar refractivity (Wildman–Crippen MR) is 104 cm³/mol. The maximum Gasteiger partial charge on any atom is 0.269 e. The maximum absolute atomic E-state index is 14.6. The van der Waals surface area contributed by atoms with E-state index < -0.39 is 5.82 Å². The van der Waals surface area contributed by atoms with Gasteiger partial charge in [-0.05, 0) is 44.7 Å². The Morgan fingerprint density at radius 1 is 1.37 bits per heavy atom. The number of hydrogen-bond donors (Lipinski definition) is 1. The van der Waals surface area contributed by atoms with E-state index in [1.165, 1.54) is 4.68 Å². The normalized spacial score (nSPS) is 11.1. The van der Waals surface area contributed by atoms with Crippen molar-refractivity contribution >= 4 is 5.91 Å². The summed E-state index contributed by atoms with van der Waals surface area (Å²) >= 11 is 0. The van der Waals surface area contributed by atoms with Gasteiger partial charge in [0, 0.05) is 19.2 Å². The summed E-state index contributed by atoms with van der Waals surface area (Å²) in [5, 5.41) is 7.00. The third-order valence-corrected chi connectivity index (χ3v) is 4.27. The zero-order valence-corrected chi connectivity index (χ0v) is 16.3. The minimum atomic E-state index is -0.425. The Labute approximate surface area is 160 Å². The van der Waals surface area contributed by atoms with Crippen molar-refractivity contribution in [2.75, 3.05) is 6.61 Å². The molecule has 0 aliphatic carbocycles. The molecule has 5 nitrogen and oxygen atoms in total. The molecule has 27 heavy (non-hydrogen) atoms. The number of aromatic nitrogens is 2. The minimum absolute atomic E-state index is 0.0931. The highest BCUT2D eigenvalue weighted by molar-refractivity contribution is 5.92. The molecule has 2 rings (SSSR count). The van der Waals surface area contributed by atoms with E-state index in [4.69, 9.17) is 4.74 Å². The Morgan fingerprint density at radius 3 is 2.89 bits per heavy atom. The van der Waals surface area contributed by atoms with E-state index in [0.717, 1.165) is 31.4 Å². The van der Waals surface area contributed by atoms with E-state index in [-0.39, 0.29) is 18.2 Å². The summed E-state index contributed by atoms with van der Waals surface area (Å²) in [4.78, 5) is 12.3. The highest BCUT2D eigenvalue weighted by Crippen LogP contribution is 2.21. The molecule has 146 valence electrons. The third-order valence-electron chi connectivity index (χ3n) is 4.27. The van der Waals surface area contributed by atoms with Crippen LogP contribution < -0.4 is 10.1 Å². The van der Waals surface area contributed by atoms with E-state index in [9.17, 15) is 9.18 Å². The molecule has 0 spiro atoms. The van der Waals surface area contributed by atoms with Crippen LogP contribution in [0.2, 0.25) is 0 Å². The van der Waals surface area contributed by atoms with Gasteiger partial charge in [-0.2, -0.15) is 5.10 Å². The second kappa shape index (κ2) is 10.5. The molecule has 0 saturated carbocycles. The van der Waals surface area contributed by atoms with Crippen molar-refractivity contribution in [1.29, 1.82) is 0 Å². The topological polar surface area (TPSA) is 56.1 Å². The Hall–Kier alpha value is -2.63. The van der Waals surface area contributed by atoms with Crippen LogP contribution in [0, 0.1) is 5.82 Å². The molecular weight excluding hydrogens is 345 g/mol. The number of aryl methyl sites for hydroxylation is 2. The molecular formula is C21H28FN3O2. The molecule has 1 heterocycles. The number of carbonyl (C=O) groups excluding carboxylic acids is 1. The Kier molecular flexibility index (Phi) is 8.04. The fourth-order valence-corrected chi connectivity index (χ4v) is 2.70. The van der Waals surface area contributed by atoms with Crippen LogP contribution in [0.3, 0.4) is 0 Å². The molecule has 0 saturated heterocycles. The fourth-order valence-electron chi connectivity index (χ4n) is 2.70. The van der Waals surface area contributed by atoms with E-state index in [2.05, 4.69) is 16.5 Å². The van der Waals surface area contributed by atoms with E-state index >= 15 is 0 Å². The number of hydrogen-bond acceptors (Lipinski definition) is 3. The smallest absolute Gasteiger partial charge is 0.269 e. The number of amides is 1. The lowest BCUT2D eigenvalue weighted by Gasteiger charge is -2.11. The van der Waals surface area contributed by atoms with Gasteiger partial charge in [-0.15, -0.1) is 0 Å².